The molecule has 1 aromatic carbocycles. The first kappa shape index (κ1) is 23.4. The Balaban J connectivity index is 1.12. The van der Waals surface area contributed by atoms with Gasteiger partial charge in [0.25, 0.3) is 5.91 Å². The number of rotatable bonds is 4. The normalized spacial score (nSPS) is 17.7. The zero-order valence-electron chi connectivity index (χ0n) is 19.6. The van der Waals surface area contributed by atoms with Crippen molar-refractivity contribution in [2.24, 2.45) is 5.92 Å². The monoisotopic (exact) mass is 496 g/mol. The average molecular weight is 497 g/mol. The molecule has 0 radical (unpaired) electrons. The highest BCUT2D eigenvalue weighted by Crippen LogP contribution is 2.37. The minimum absolute atomic E-state index is 0.0454. The third-order valence-corrected chi connectivity index (χ3v) is 7.85. The number of nitrogens with zero attached hydrogens (tertiary/aromatic N) is 4. The van der Waals surface area contributed by atoms with E-state index in [1.807, 2.05) is 17.0 Å². The van der Waals surface area contributed by atoms with E-state index in [0.717, 1.165) is 60.6 Å². The van der Waals surface area contributed by atoms with E-state index in [-0.39, 0.29) is 17.7 Å². The molecule has 35 heavy (non-hydrogen) atoms. The maximum atomic E-state index is 12.6. The SMILES string of the molecule is Cc1nnsc1C(=O)N1CCC(CNC(=O)C(=O)Nc2cc3c4c(c2)CCC(=O)N4CCC3)CC1. The van der Waals surface area contributed by atoms with Crippen LogP contribution < -0.4 is 15.5 Å². The van der Waals surface area contributed by atoms with Crippen LogP contribution in [0.2, 0.25) is 0 Å². The molecule has 3 aliphatic heterocycles. The minimum atomic E-state index is -0.697. The van der Waals surface area contributed by atoms with Gasteiger partial charge in [-0.3, -0.25) is 19.2 Å². The standard InChI is InChI=1S/C24H28N6O4S/c1-14-21(35-28-27-14)24(34)29-9-6-15(7-10-29)13-25-22(32)23(33)26-18-11-16-3-2-8-30-19(31)5-4-17(12-18)20(16)30/h11-12,15H,2-10,13H2,1H3,(H,25,32)(H,26,33). The fourth-order valence-corrected chi connectivity index (χ4v) is 5.77. The van der Waals surface area contributed by atoms with Gasteiger partial charge in [0.05, 0.1) is 11.4 Å². The second-order valence-electron chi connectivity index (χ2n) is 9.38. The van der Waals surface area contributed by atoms with Crippen LogP contribution in [0.1, 0.15) is 52.2 Å². The zero-order valence-corrected chi connectivity index (χ0v) is 20.4. The number of carbonyl (C=O) groups excluding carboxylic acids is 4. The number of hydrogen-bond donors (Lipinski definition) is 2. The van der Waals surface area contributed by atoms with Gasteiger partial charge in [0, 0.05) is 38.3 Å². The predicted molar refractivity (Wildman–Crippen MR) is 130 cm³/mol. The number of carbonyl (C=O) groups is 4. The van der Waals surface area contributed by atoms with Crippen LogP contribution in [0.15, 0.2) is 12.1 Å². The van der Waals surface area contributed by atoms with Crippen molar-refractivity contribution in [2.75, 3.05) is 36.4 Å². The number of likely N-dealkylation sites (tertiary alicyclic amines) is 1. The molecule has 0 saturated carbocycles. The molecule has 1 saturated heterocycles. The lowest BCUT2D eigenvalue weighted by Gasteiger charge is -2.35. The van der Waals surface area contributed by atoms with Crippen molar-refractivity contribution >= 4 is 46.5 Å². The van der Waals surface area contributed by atoms with Gasteiger partial charge in [-0.15, -0.1) is 5.10 Å². The Bertz CT molecular complexity index is 1170. The first-order valence-electron chi connectivity index (χ1n) is 12.0. The topological polar surface area (TPSA) is 125 Å². The molecule has 1 fully saturated rings. The van der Waals surface area contributed by atoms with E-state index in [9.17, 15) is 19.2 Å². The Kier molecular flexibility index (Phi) is 6.50. The van der Waals surface area contributed by atoms with Crippen LogP contribution in [0.25, 0.3) is 0 Å². The maximum Gasteiger partial charge on any atom is 0.313 e. The van der Waals surface area contributed by atoms with E-state index < -0.39 is 11.8 Å². The number of anilines is 2. The van der Waals surface area contributed by atoms with Crippen molar-refractivity contribution in [1.29, 1.82) is 0 Å². The van der Waals surface area contributed by atoms with Crippen LogP contribution in [-0.4, -0.2) is 64.3 Å². The number of amides is 4. The highest BCUT2D eigenvalue weighted by Gasteiger charge is 2.30. The zero-order chi connectivity index (χ0) is 24.5. The Morgan fingerprint density at radius 1 is 1.06 bits per heavy atom. The van der Waals surface area contributed by atoms with Gasteiger partial charge in [0.15, 0.2) is 0 Å². The van der Waals surface area contributed by atoms with Crippen molar-refractivity contribution in [2.45, 2.75) is 45.4 Å². The summed E-state index contributed by atoms with van der Waals surface area (Å²) < 4.78 is 3.83. The van der Waals surface area contributed by atoms with Gasteiger partial charge in [-0.05, 0) is 79.7 Å². The molecule has 2 aromatic rings. The van der Waals surface area contributed by atoms with Gasteiger partial charge in [0.2, 0.25) is 5.91 Å². The van der Waals surface area contributed by atoms with E-state index in [1.165, 1.54) is 0 Å². The van der Waals surface area contributed by atoms with Crippen LogP contribution in [0.4, 0.5) is 11.4 Å². The molecule has 0 unspecified atom stereocenters. The highest BCUT2D eigenvalue weighted by atomic mass is 32.1. The van der Waals surface area contributed by atoms with Crippen molar-refractivity contribution < 1.29 is 19.2 Å². The summed E-state index contributed by atoms with van der Waals surface area (Å²) in [4.78, 5) is 54.0. The summed E-state index contributed by atoms with van der Waals surface area (Å²) in [6.45, 7) is 4.10. The average Bonchev–Trinajstić information content (AvgIpc) is 3.30. The summed E-state index contributed by atoms with van der Waals surface area (Å²) in [5.74, 6) is -1.06. The molecule has 5 rings (SSSR count). The van der Waals surface area contributed by atoms with E-state index in [2.05, 4.69) is 20.2 Å². The lowest BCUT2D eigenvalue weighted by Crippen LogP contribution is -2.43. The summed E-state index contributed by atoms with van der Waals surface area (Å²) in [5, 5.41) is 9.37. The van der Waals surface area contributed by atoms with Crippen LogP contribution in [0.3, 0.4) is 0 Å². The molecule has 3 aliphatic rings. The van der Waals surface area contributed by atoms with Crippen LogP contribution in [-0.2, 0) is 27.2 Å². The highest BCUT2D eigenvalue weighted by molar-refractivity contribution is 7.07. The minimum Gasteiger partial charge on any atom is -0.348 e. The summed E-state index contributed by atoms with van der Waals surface area (Å²) >= 11 is 1.11. The molecule has 0 bridgehead atoms. The Labute approximate surface area is 207 Å². The lowest BCUT2D eigenvalue weighted by atomic mass is 9.91. The van der Waals surface area contributed by atoms with Gasteiger partial charge in [0.1, 0.15) is 4.88 Å². The predicted octanol–water partition coefficient (Wildman–Crippen LogP) is 1.68. The Morgan fingerprint density at radius 2 is 1.80 bits per heavy atom. The molecule has 4 heterocycles. The molecule has 10 nitrogen and oxygen atoms in total. The van der Waals surface area contributed by atoms with Crippen molar-refractivity contribution in [3.8, 4) is 0 Å². The second-order valence-corrected chi connectivity index (χ2v) is 10.1. The summed E-state index contributed by atoms with van der Waals surface area (Å²) in [6.07, 6.45) is 4.36. The Morgan fingerprint density at radius 3 is 2.51 bits per heavy atom. The molecule has 0 spiro atoms. The van der Waals surface area contributed by atoms with E-state index in [4.69, 9.17) is 0 Å². The van der Waals surface area contributed by atoms with Crippen LogP contribution in [0, 0.1) is 12.8 Å². The third kappa shape index (κ3) is 4.77. The van der Waals surface area contributed by atoms with E-state index in [1.54, 1.807) is 11.8 Å². The van der Waals surface area contributed by atoms with E-state index in [0.29, 0.717) is 48.7 Å². The quantitative estimate of drug-likeness (QED) is 0.621. The molecule has 4 amide bonds. The number of aryl methyl sites for hydroxylation is 3. The molecule has 1 aromatic heterocycles. The fraction of sp³-hybridized carbons (Fsp3) is 0.500. The number of nitrogens with one attached hydrogen (secondary N) is 2. The Hall–Kier alpha value is -3.34. The first-order chi connectivity index (χ1) is 16.9. The molecule has 11 heteroatoms. The van der Waals surface area contributed by atoms with Gasteiger partial charge < -0.3 is 20.4 Å². The van der Waals surface area contributed by atoms with Gasteiger partial charge in [-0.2, -0.15) is 0 Å². The van der Waals surface area contributed by atoms with Crippen molar-refractivity contribution in [1.82, 2.24) is 19.8 Å². The van der Waals surface area contributed by atoms with Crippen molar-refractivity contribution in [3.05, 3.63) is 33.8 Å². The first-order valence-corrected chi connectivity index (χ1v) is 12.8. The van der Waals surface area contributed by atoms with Gasteiger partial charge in [-0.1, -0.05) is 4.49 Å². The maximum absolute atomic E-state index is 12.6. The molecule has 0 atom stereocenters. The number of piperidine rings is 1. The lowest BCUT2D eigenvalue weighted by molar-refractivity contribution is -0.136. The smallest absolute Gasteiger partial charge is 0.313 e. The number of benzene rings is 1. The fourth-order valence-electron chi connectivity index (χ4n) is 5.14. The number of hydrogen-bond acceptors (Lipinski definition) is 7. The second kappa shape index (κ2) is 9.73. The largest absolute Gasteiger partial charge is 0.348 e. The van der Waals surface area contributed by atoms with Crippen molar-refractivity contribution in [3.63, 3.8) is 0 Å². The van der Waals surface area contributed by atoms with Crippen LogP contribution >= 0.6 is 11.5 Å². The third-order valence-electron chi connectivity index (χ3n) is 7.04. The molecular weight excluding hydrogens is 468 g/mol. The molecule has 184 valence electrons. The van der Waals surface area contributed by atoms with E-state index >= 15 is 0 Å². The molecular formula is C24H28N6O4S. The van der Waals surface area contributed by atoms with Gasteiger partial charge >= 0.3 is 11.8 Å². The summed E-state index contributed by atoms with van der Waals surface area (Å²) in [6, 6.07) is 3.75. The van der Waals surface area contributed by atoms with Crippen LogP contribution in [0.5, 0.6) is 0 Å². The molecule has 2 N–H and O–H groups in total. The number of aromatic nitrogens is 2. The summed E-state index contributed by atoms with van der Waals surface area (Å²) in [7, 11) is 0. The van der Waals surface area contributed by atoms with Gasteiger partial charge in [-0.25, -0.2) is 0 Å². The molecule has 0 aliphatic carbocycles. The summed E-state index contributed by atoms with van der Waals surface area (Å²) in [5.41, 5.74) is 4.32.